The zero-order valence-corrected chi connectivity index (χ0v) is 11.6. The van der Waals surface area contributed by atoms with Gasteiger partial charge >= 0.3 is 5.97 Å². The number of rotatable bonds is 3. The summed E-state index contributed by atoms with van der Waals surface area (Å²) in [6, 6.07) is 6.88. The Morgan fingerprint density at radius 1 is 1.05 bits per heavy atom. The van der Waals surface area contributed by atoms with Gasteiger partial charge in [-0.3, -0.25) is 4.79 Å². The molecule has 0 saturated heterocycles. The number of cyclic esters (lactones) is 1. The average Bonchev–Trinajstić information content (AvgIpc) is 2.91. The molecule has 1 saturated carbocycles. The minimum Gasteiger partial charge on any atom is -0.429 e. The van der Waals surface area contributed by atoms with Crippen LogP contribution in [0.3, 0.4) is 0 Å². The van der Waals surface area contributed by atoms with E-state index in [0.717, 1.165) is 36.8 Å². The van der Waals surface area contributed by atoms with Gasteiger partial charge in [-0.1, -0.05) is 12.0 Å². The highest BCUT2D eigenvalue weighted by Crippen LogP contribution is 2.33. The van der Waals surface area contributed by atoms with Crippen LogP contribution in [0.4, 0.5) is 0 Å². The molecule has 0 N–H and O–H groups in total. The SMILES string of the molecule is O=COc1ccc(C2=CC(=C3CCCCC3)C(=O)O2)cc1. The summed E-state index contributed by atoms with van der Waals surface area (Å²) >= 11 is 0. The fourth-order valence-electron chi connectivity index (χ4n) is 2.76. The van der Waals surface area contributed by atoms with Crippen molar-refractivity contribution in [1.82, 2.24) is 0 Å². The monoisotopic (exact) mass is 284 g/mol. The molecule has 0 radical (unpaired) electrons. The summed E-state index contributed by atoms with van der Waals surface area (Å²) in [5.41, 5.74) is 2.73. The molecule has 0 amide bonds. The Kier molecular flexibility index (Phi) is 3.86. The first-order valence-corrected chi connectivity index (χ1v) is 7.14. The van der Waals surface area contributed by atoms with Crippen molar-refractivity contribution in [2.75, 3.05) is 0 Å². The molecule has 21 heavy (non-hydrogen) atoms. The second kappa shape index (κ2) is 5.95. The van der Waals surface area contributed by atoms with Gasteiger partial charge in [-0.05, 0) is 56.0 Å². The van der Waals surface area contributed by atoms with Crippen LogP contribution >= 0.6 is 0 Å². The first-order chi connectivity index (χ1) is 10.3. The molecule has 3 rings (SSSR count). The lowest BCUT2D eigenvalue weighted by Crippen LogP contribution is -2.04. The fourth-order valence-corrected chi connectivity index (χ4v) is 2.76. The Balaban J connectivity index is 1.85. The van der Waals surface area contributed by atoms with E-state index in [1.54, 1.807) is 24.3 Å². The standard InChI is InChI=1S/C17H16O4/c18-11-20-14-8-6-13(7-9-14)16-10-15(17(19)21-16)12-4-2-1-3-5-12/h6-11H,1-5H2. The number of carbonyl (C=O) groups is 2. The summed E-state index contributed by atoms with van der Waals surface area (Å²) in [6.45, 7) is 0.384. The smallest absolute Gasteiger partial charge is 0.343 e. The predicted octanol–water partition coefficient (Wildman–Crippen LogP) is 3.38. The Hall–Kier alpha value is -2.36. The minimum absolute atomic E-state index is 0.255. The van der Waals surface area contributed by atoms with E-state index in [2.05, 4.69) is 0 Å². The van der Waals surface area contributed by atoms with Gasteiger partial charge in [0.05, 0.1) is 5.57 Å². The van der Waals surface area contributed by atoms with Crippen LogP contribution in [0, 0.1) is 0 Å². The summed E-state index contributed by atoms with van der Waals surface area (Å²) in [6.07, 6.45) is 7.33. The van der Waals surface area contributed by atoms with Crippen molar-refractivity contribution >= 4 is 18.2 Å². The van der Waals surface area contributed by atoms with Crippen LogP contribution in [0.2, 0.25) is 0 Å². The highest BCUT2D eigenvalue weighted by atomic mass is 16.5. The number of hydrogen-bond acceptors (Lipinski definition) is 4. The van der Waals surface area contributed by atoms with E-state index < -0.39 is 0 Å². The zero-order valence-electron chi connectivity index (χ0n) is 11.6. The van der Waals surface area contributed by atoms with Crippen molar-refractivity contribution < 1.29 is 19.1 Å². The van der Waals surface area contributed by atoms with Crippen LogP contribution in [0.25, 0.3) is 5.76 Å². The third-order valence-corrected chi connectivity index (χ3v) is 3.86. The maximum absolute atomic E-state index is 12.0. The summed E-state index contributed by atoms with van der Waals surface area (Å²) in [7, 11) is 0. The first-order valence-electron chi connectivity index (χ1n) is 7.14. The summed E-state index contributed by atoms with van der Waals surface area (Å²) < 4.78 is 10.1. The number of carbonyl (C=O) groups excluding carboxylic acids is 2. The van der Waals surface area contributed by atoms with Gasteiger partial charge in [0, 0.05) is 5.56 Å². The molecule has 4 nitrogen and oxygen atoms in total. The molecule has 1 heterocycles. The fraction of sp³-hybridized carbons (Fsp3) is 0.294. The Labute approximate surface area is 123 Å². The van der Waals surface area contributed by atoms with Crippen LogP contribution in [-0.4, -0.2) is 12.4 Å². The molecule has 2 aliphatic rings. The van der Waals surface area contributed by atoms with Gasteiger partial charge in [-0.2, -0.15) is 0 Å². The van der Waals surface area contributed by atoms with Gasteiger partial charge in [0.15, 0.2) is 0 Å². The van der Waals surface area contributed by atoms with Crippen LogP contribution in [-0.2, 0) is 14.3 Å². The quantitative estimate of drug-likeness (QED) is 0.485. The largest absolute Gasteiger partial charge is 0.429 e. The van der Waals surface area contributed by atoms with E-state index in [9.17, 15) is 9.59 Å². The number of benzene rings is 1. The molecule has 0 bridgehead atoms. The molecular weight excluding hydrogens is 268 g/mol. The van der Waals surface area contributed by atoms with Crippen LogP contribution in [0.5, 0.6) is 5.75 Å². The van der Waals surface area contributed by atoms with Gasteiger partial charge in [-0.25, -0.2) is 4.79 Å². The van der Waals surface area contributed by atoms with Gasteiger partial charge in [0.1, 0.15) is 11.5 Å². The van der Waals surface area contributed by atoms with Crippen molar-refractivity contribution in [3.05, 3.63) is 47.1 Å². The molecule has 1 aliphatic carbocycles. The molecule has 4 heteroatoms. The summed E-state index contributed by atoms with van der Waals surface area (Å²) in [5.74, 6) is 0.769. The lowest BCUT2D eigenvalue weighted by atomic mass is 9.91. The van der Waals surface area contributed by atoms with E-state index in [1.165, 1.54) is 12.0 Å². The summed E-state index contributed by atoms with van der Waals surface area (Å²) in [5, 5.41) is 0. The predicted molar refractivity (Wildman–Crippen MR) is 77.3 cm³/mol. The minimum atomic E-state index is -0.255. The average molecular weight is 284 g/mol. The molecule has 1 fully saturated rings. The van der Waals surface area contributed by atoms with E-state index >= 15 is 0 Å². The molecule has 1 aliphatic heterocycles. The van der Waals surface area contributed by atoms with Crippen LogP contribution in [0.15, 0.2) is 41.5 Å². The molecule has 1 aromatic rings. The molecular formula is C17H16O4. The number of hydrogen-bond donors (Lipinski definition) is 0. The van der Waals surface area contributed by atoms with Crippen molar-refractivity contribution in [3.8, 4) is 5.75 Å². The zero-order chi connectivity index (χ0) is 14.7. The Morgan fingerprint density at radius 2 is 1.76 bits per heavy atom. The number of allylic oxidation sites excluding steroid dienone is 1. The number of esters is 1. The highest BCUT2D eigenvalue weighted by molar-refractivity contribution is 6.02. The molecule has 108 valence electrons. The van der Waals surface area contributed by atoms with Crippen molar-refractivity contribution in [3.63, 3.8) is 0 Å². The van der Waals surface area contributed by atoms with Crippen molar-refractivity contribution in [2.45, 2.75) is 32.1 Å². The molecule has 0 atom stereocenters. The Bertz CT molecular complexity index is 615. The molecule has 0 aromatic heterocycles. The molecule has 0 spiro atoms. The maximum Gasteiger partial charge on any atom is 0.343 e. The van der Waals surface area contributed by atoms with Gasteiger partial charge in [0.2, 0.25) is 0 Å². The second-order valence-electron chi connectivity index (χ2n) is 5.21. The third-order valence-electron chi connectivity index (χ3n) is 3.86. The first kappa shape index (κ1) is 13.6. The normalized spacial score (nSPS) is 18.3. The van der Waals surface area contributed by atoms with Crippen LogP contribution < -0.4 is 4.74 Å². The van der Waals surface area contributed by atoms with Crippen molar-refractivity contribution in [2.24, 2.45) is 0 Å². The van der Waals surface area contributed by atoms with Gasteiger partial charge < -0.3 is 9.47 Å². The Morgan fingerprint density at radius 3 is 2.43 bits per heavy atom. The maximum atomic E-state index is 12.0. The molecule has 1 aromatic carbocycles. The number of ether oxygens (including phenoxy) is 2. The lowest BCUT2D eigenvalue weighted by molar-refractivity contribution is -0.131. The van der Waals surface area contributed by atoms with E-state index in [1.807, 2.05) is 6.08 Å². The summed E-state index contributed by atoms with van der Waals surface area (Å²) in [4.78, 5) is 22.3. The van der Waals surface area contributed by atoms with Gasteiger partial charge in [-0.15, -0.1) is 0 Å². The third kappa shape index (κ3) is 2.89. The second-order valence-corrected chi connectivity index (χ2v) is 5.21. The van der Waals surface area contributed by atoms with E-state index in [0.29, 0.717) is 18.0 Å². The van der Waals surface area contributed by atoms with Crippen molar-refractivity contribution in [1.29, 1.82) is 0 Å². The topological polar surface area (TPSA) is 52.6 Å². The highest BCUT2D eigenvalue weighted by Gasteiger charge is 2.25. The van der Waals surface area contributed by atoms with Crippen LogP contribution in [0.1, 0.15) is 37.7 Å². The van der Waals surface area contributed by atoms with E-state index in [4.69, 9.17) is 9.47 Å². The van der Waals surface area contributed by atoms with Gasteiger partial charge in [0.25, 0.3) is 6.47 Å². The lowest BCUT2D eigenvalue weighted by Gasteiger charge is -2.14. The van der Waals surface area contributed by atoms with E-state index in [-0.39, 0.29) is 5.97 Å². The molecule has 0 unspecified atom stereocenters.